The first-order valence-electron chi connectivity index (χ1n) is 9.70. The zero-order valence-electron chi connectivity index (χ0n) is 17.0. The Morgan fingerprint density at radius 2 is 1.92 bits per heavy atom. The summed E-state index contributed by atoms with van der Waals surface area (Å²) in [5.41, 5.74) is 0.0745. The summed E-state index contributed by atoms with van der Waals surface area (Å²) in [7, 11) is 3.56. The van der Waals surface area contributed by atoms with Gasteiger partial charge < -0.3 is 19.8 Å². The van der Waals surface area contributed by atoms with Gasteiger partial charge in [0.2, 0.25) is 0 Å². The summed E-state index contributed by atoms with van der Waals surface area (Å²) in [6.45, 7) is 10.3. The molecule has 1 aromatic rings. The highest BCUT2D eigenvalue weighted by atomic mass is 16.5. The largest absolute Gasteiger partial charge is 0.468 e. The minimum absolute atomic E-state index is 0.0745. The Kier molecular flexibility index (Phi) is 7.97. The Bertz CT molecular complexity index is 531. The molecule has 2 atom stereocenters. The van der Waals surface area contributed by atoms with E-state index in [4.69, 9.17) is 9.15 Å². The lowest BCUT2D eigenvalue weighted by atomic mass is 9.89. The number of hydrogen-bond acceptors (Lipinski definition) is 4. The molecule has 2 unspecified atom stereocenters. The first-order chi connectivity index (χ1) is 12.5. The Labute approximate surface area is 158 Å². The van der Waals surface area contributed by atoms with Crippen LogP contribution in [0.1, 0.15) is 51.8 Å². The van der Waals surface area contributed by atoms with Crippen LogP contribution in [-0.4, -0.2) is 57.3 Å². The molecule has 1 aromatic heterocycles. The summed E-state index contributed by atoms with van der Waals surface area (Å²) < 4.78 is 11.3. The molecular weight excluding hydrogens is 328 g/mol. The van der Waals surface area contributed by atoms with Crippen molar-refractivity contribution in [1.82, 2.24) is 15.5 Å². The summed E-state index contributed by atoms with van der Waals surface area (Å²) in [5.74, 6) is 1.81. The molecule has 0 aliphatic carbocycles. The van der Waals surface area contributed by atoms with Crippen molar-refractivity contribution < 1.29 is 9.15 Å². The number of nitrogens with one attached hydrogen (secondary N) is 2. The Morgan fingerprint density at radius 3 is 2.46 bits per heavy atom. The van der Waals surface area contributed by atoms with Gasteiger partial charge >= 0.3 is 0 Å². The minimum Gasteiger partial charge on any atom is -0.468 e. The predicted molar refractivity (Wildman–Crippen MR) is 106 cm³/mol. The summed E-state index contributed by atoms with van der Waals surface area (Å²) in [4.78, 5) is 6.87. The van der Waals surface area contributed by atoms with E-state index < -0.39 is 0 Å². The molecule has 0 bridgehead atoms. The van der Waals surface area contributed by atoms with Crippen LogP contribution in [0.3, 0.4) is 0 Å². The molecule has 2 heterocycles. The van der Waals surface area contributed by atoms with Gasteiger partial charge in [0.1, 0.15) is 5.76 Å². The molecule has 26 heavy (non-hydrogen) atoms. The fourth-order valence-corrected chi connectivity index (χ4v) is 3.47. The second-order valence-corrected chi connectivity index (χ2v) is 8.05. The third-order valence-corrected chi connectivity index (χ3v) is 5.09. The number of ether oxygens (including phenoxy) is 1. The van der Waals surface area contributed by atoms with Crippen molar-refractivity contribution in [2.45, 2.75) is 52.2 Å². The van der Waals surface area contributed by atoms with Crippen LogP contribution in [0.15, 0.2) is 27.8 Å². The van der Waals surface area contributed by atoms with E-state index in [2.05, 4.69) is 47.4 Å². The van der Waals surface area contributed by atoms with Crippen LogP contribution in [0.4, 0.5) is 0 Å². The SMILES string of the molecule is CN=C(NCC(c1ccco1)N1CCCCC1)NCC(OC)C(C)(C)C. The predicted octanol–water partition coefficient (Wildman–Crippen LogP) is 3.03. The second kappa shape index (κ2) is 9.97. The van der Waals surface area contributed by atoms with E-state index in [0.717, 1.165) is 37.9 Å². The van der Waals surface area contributed by atoms with Crippen LogP contribution >= 0.6 is 0 Å². The van der Waals surface area contributed by atoms with E-state index in [0.29, 0.717) is 0 Å². The summed E-state index contributed by atoms with van der Waals surface area (Å²) in [5, 5.41) is 6.86. The molecule has 148 valence electrons. The maximum absolute atomic E-state index is 5.71. The van der Waals surface area contributed by atoms with Crippen molar-refractivity contribution in [3.05, 3.63) is 24.2 Å². The highest BCUT2D eigenvalue weighted by Crippen LogP contribution is 2.24. The van der Waals surface area contributed by atoms with Crippen molar-refractivity contribution in [1.29, 1.82) is 0 Å². The number of furan rings is 1. The lowest BCUT2D eigenvalue weighted by Crippen LogP contribution is -2.48. The Hall–Kier alpha value is -1.53. The number of rotatable bonds is 7. The van der Waals surface area contributed by atoms with Crippen molar-refractivity contribution in [3.63, 3.8) is 0 Å². The quantitative estimate of drug-likeness (QED) is 0.575. The fraction of sp³-hybridized carbons (Fsp3) is 0.750. The number of hydrogen-bond donors (Lipinski definition) is 2. The minimum atomic E-state index is 0.0745. The van der Waals surface area contributed by atoms with Gasteiger partial charge in [-0.25, -0.2) is 0 Å². The van der Waals surface area contributed by atoms with E-state index in [9.17, 15) is 0 Å². The van der Waals surface area contributed by atoms with Gasteiger partial charge in [0.25, 0.3) is 0 Å². The van der Waals surface area contributed by atoms with Crippen LogP contribution in [0.25, 0.3) is 0 Å². The first-order valence-corrected chi connectivity index (χ1v) is 9.70. The van der Waals surface area contributed by atoms with Gasteiger partial charge in [-0.05, 0) is 43.5 Å². The molecule has 2 N–H and O–H groups in total. The van der Waals surface area contributed by atoms with Crippen LogP contribution in [0.2, 0.25) is 0 Å². The normalized spacial score (nSPS) is 19.2. The Balaban J connectivity index is 1.93. The molecule has 1 aliphatic rings. The van der Waals surface area contributed by atoms with Crippen LogP contribution in [0.5, 0.6) is 0 Å². The van der Waals surface area contributed by atoms with Gasteiger partial charge in [-0.15, -0.1) is 0 Å². The topological polar surface area (TPSA) is 62.0 Å². The van der Waals surface area contributed by atoms with Gasteiger partial charge in [-0.1, -0.05) is 27.2 Å². The van der Waals surface area contributed by atoms with Gasteiger partial charge in [0, 0.05) is 27.2 Å². The molecular formula is C20H36N4O2. The molecule has 1 saturated heterocycles. The zero-order valence-corrected chi connectivity index (χ0v) is 17.0. The molecule has 0 radical (unpaired) electrons. The molecule has 0 amide bonds. The summed E-state index contributed by atoms with van der Waals surface area (Å²) >= 11 is 0. The molecule has 6 nitrogen and oxygen atoms in total. The number of nitrogens with zero attached hydrogens (tertiary/aromatic N) is 2. The van der Waals surface area contributed by atoms with E-state index >= 15 is 0 Å². The Morgan fingerprint density at radius 1 is 1.23 bits per heavy atom. The standard InChI is InChI=1S/C20H36N4O2/c1-20(2,3)18(25-5)15-23-19(21-4)22-14-16(17-10-9-13-26-17)24-11-7-6-8-12-24/h9-10,13,16,18H,6-8,11-12,14-15H2,1-5H3,(H2,21,22,23). The molecule has 1 aliphatic heterocycles. The van der Waals surface area contributed by atoms with Crippen LogP contribution in [0, 0.1) is 5.41 Å². The number of likely N-dealkylation sites (tertiary alicyclic amines) is 1. The lowest BCUT2D eigenvalue weighted by molar-refractivity contribution is 0.0205. The van der Waals surface area contributed by atoms with Crippen LogP contribution in [-0.2, 0) is 4.74 Å². The van der Waals surface area contributed by atoms with Gasteiger partial charge in [-0.2, -0.15) is 0 Å². The van der Waals surface area contributed by atoms with Crippen molar-refractivity contribution in [3.8, 4) is 0 Å². The highest BCUT2D eigenvalue weighted by Gasteiger charge is 2.26. The first kappa shape index (κ1) is 20.8. The third kappa shape index (κ3) is 6.02. The van der Waals surface area contributed by atoms with Gasteiger partial charge in [-0.3, -0.25) is 9.89 Å². The van der Waals surface area contributed by atoms with Crippen molar-refractivity contribution >= 4 is 5.96 Å². The van der Waals surface area contributed by atoms with Crippen LogP contribution < -0.4 is 10.6 Å². The molecule has 6 heteroatoms. The van der Waals surface area contributed by atoms with E-state index in [1.54, 1.807) is 20.4 Å². The van der Waals surface area contributed by atoms with Gasteiger partial charge in [0.15, 0.2) is 5.96 Å². The lowest BCUT2D eigenvalue weighted by Gasteiger charge is -2.34. The maximum atomic E-state index is 5.71. The molecule has 0 aromatic carbocycles. The average molecular weight is 365 g/mol. The maximum Gasteiger partial charge on any atom is 0.191 e. The molecule has 0 spiro atoms. The molecule has 2 rings (SSSR count). The molecule has 0 saturated carbocycles. The van der Waals surface area contributed by atoms with Crippen molar-refractivity contribution in [2.75, 3.05) is 40.3 Å². The fourth-order valence-electron chi connectivity index (χ4n) is 3.47. The van der Waals surface area contributed by atoms with Gasteiger partial charge in [0.05, 0.1) is 18.4 Å². The third-order valence-electron chi connectivity index (χ3n) is 5.09. The summed E-state index contributed by atoms with van der Waals surface area (Å²) in [6, 6.07) is 4.26. The second-order valence-electron chi connectivity index (χ2n) is 8.05. The zero-order chi connectivity index (χ0) is 19.0. The highest BCUT2D eigenvalue weighted by molar-refractivity contribution is 5.79. The summed E-state index contributed by atoms with van der Waals surface area (Å²) in [6.07, 6.45) is 5.70. The molecule has 1 fully saturated rings. The van der Waals surface area contributed by atoms with Crippen molar-refractivity contribution in [2.24, 2.45) is 10.4 Å². The number of piperidine rings is 1. The van der Waals surface area contributed by atoms with E-state index in [1.807, 2.05) is 6.07 Å². The van der Waals surface area contributed by atoms with E-state index in [-0.39, 0.29) is 17.6 Å². The smallest absolute Gasteiger partial charge is 0.191 e. The average Bonchev–Trinajstić information content (AvgIpc) is 3.14. The van der Waals surface area contributed by atoms with E-state index in [1.165, 1.54) is 19.3 Å². The number of aliphatic imine (C=N–C) groups is 1. The monoisotopic (exact) mass is 364 g/mol. The number of methoxy groups -OCH3 is 1. The number of guanidine groups is 1.